The van der Waals surface area contributed by atoms with E-state index in [2.05, 4.69) is 15.6 Å². The first-order chi connectivity index (χ1) is 7.81. The molecule has 1 saturated carbocycles. The molecule has 1 aliphatic rings. The first kappa shape index (κ1) is 11.2. The van der Waals surface area contributed by atoms with Crippen LogP contribution in [0.4, 0.5) is 5.82 Å². The maximum absolute atomic E-state index is 8.79. The highest BCUT2D eigenvalue weighted by Crippen LogP contribution is 2.22. The molecule has 0 spiro atoms. The molecule has 0 amide bonds. The summed E-state index contributed by atoms with van der Waals surface area (Å²) in [4.78, 5) is 4.10. The molecule has 1 aliphatic carbocycles. The second-order valence-electron chi connectivity index (χ2n) is 3.79. The van der Waals surface area contributed by atoms with E-state index in [-0.39, 0.29) is 0 Å². The Bertz CT molecular complexity index is 409. The minimum atomic E-state index is 0.399. The molecule has 84 valence electrons. The fourth-order valence-corrected chi connectivity index (χ4v) is 1.62. The molecule has 16 heavy (non-hydrogen) atoms. The highest BCUT2D eigenvalue weighted by Gasteiger charge is 2.19. The maximum Gasteiger partial charge on any atom is 0.146 e. The van der Waals surface area contributed by atoms with Crippen molar-refractivity contribution in [3.8, 4) is 6.07 Å². The molecule has 0 bridgehead atoms. The molecule has 1 aromatic heterocycles. The molecule has 0 atom stereocenters. The largest absolute Gasteiger partial charge is 0.368 e. The predicted molar refractivity (Wildman–Crippen MR) is 63.5 cm³/mol. The van der Waals surface area contributed by atoms with Crippen LogP contribution in [-0.4, -0.2) is 24.1 Å². The summed E-state index contributed by atoms with van der Waals surface area (Å²) in [5.74, 6) is 0.582. The number of nitriles is 1. The van der Waals surface area contributed by atoms with Gasteiger partial charge in [0.25, 0.3) is 0 Å². The summed E-state index contributed by atoms with van der Waals surface area (Å²) in [6, 6.07) is 4.34. The Morgan fingerprint density at radius 3 is 3.00 bits per heavy atom. The molecular formula is C11H13ClN4. The van der Waals surface area contributed by atoms with Crippen molar-refractivity contribution in [3.63, 3.8) is 0 Å². The minimum absolute atomic E-state index is 0.399. The smallest absolute Gasteiger partial charge is 0.146 e. The van der Waals surface area contributed by atoms with Gasteiger partial charge in [-0.15, -0.1) is 0 Å². The van der Waals surface area contributed by atoms with Crippen LogP contribution in [0.2, 0.25) is 5.02 Å². The Morgan fingerprint density at radius 1 is 1.50 bits per heavy atom. The zero-order valence-corrected chi connectivity index (χ0v) is 9.59. The molecule has 0 radical (unpaired) electrons. The van der Waals surface area contributed by atoms with E-state index in [1.54, 1.807) is 12.3 Å². The van der Waals surface area contributed by atoms with Crippen molar-refractivity contribution in [2.24, 2.45) is 0 Å². The molecule has 0 unspecified atom stereocenters. The summed E-state index contributed by atoms with van der Waals surface area (Å²) < 4.78 is 0. The van der Waals surface area contributed by atoms with Crippen LogP contribution in [0.25, 0.3) is 0 Å². The normalized spacial score (nSPS) is 14.5. The number of rotatable bonds is 5. The van der Waals surface area contributed by atoms with E-state index in [0.717, 1.165) is 13.1 Å². The van der Waals surface area contributed by atoms with E-state index in [4.69, 9.17) is 16.9 Å². The molecule has 5 heteroatoms. The highest BCUT2D eigenvalue weighted by molar-refractivity contribution is 6.34. The van der Waals surface area contributed by atoms with Gasteiger partial charge in [-0.2, -0.15) is 5.26 Å². The lowest BCUT2D eigenvalue weighted by atomic mass is 10.3. The average Bonchev–Trinajstić information content (AvgIpc) is 3.10. The lowest BCUT2D eigenvalue weighted by Gasteiger charge is -2.08. The number of hydrogen-bond donors (Lipinski definition) is 2. The van der Waals surface area contributed by atoms with Crippen molar-refractivity contribution < 1.29 is 0 Å². The Hall–Kier alpha value is -1.31. The number of nitrogens with zero attached hydrogens (tertiary/aromatic N) is 2. The van der Waals surface area contributed by atoms with Crippen LogP contribution in [0, 0.1) is 11.3 Å². The number of halogens is 1. The molecule has 0 saturated heterocycles. The molecule has 2 rings (SSSR count). The van der Waals surface area contributed by atoms with E-state index in [9.17, 15) is 0 Å². The van der Waals surface area contributed by atoms with Crippen molar-refractivity contribution in [3.05, 3.63) is 22.8 Å². The van der Waals surface area contributed by atoms with Crippen LogP contribution in [-0.2, 0) is 0 Å². The maximum atomic E-state index is 8.79. The number of pyridine rings is 1. The van der Waals surface area contributed by atoms with Gasteiger partial charge in [-0.05, 0) is 18.9 Å². The fraction of sp³-hybridized carbons (Fsp3) is 0.455. The van der Waals surface area contributed by atoms with E-state index >= 15 is 0 Å². The number of anilines is 1. The summed E-state index contributed by atoms with van der Waals surface area (Å²) in [6.07, 6.45) is 4.15. The van der Waals surface area contributed by atoms with E-state index < -0.39 is 0 Å². The lowest BCUT2D eigenvalue weighted by Crippen LogP contribution is -2.24. The molecule has 1 fully saturated rings. The van der Waals surface area contributed by atoms with Gasteiger partial charge in [0.1, 0.15) is 16.9 Å². The third-order valence-electron chi connectivity index (χ3n) is 2.44. The van der Waals surface area contributed by atoms with E-state index in [1.165, 1.54) is 12.8 Å². The summed E-state index contributed by atoms with van der Waals surface area (Å²) in [6.45, 7) is 1.65. The zero-order chi connectivity index (χ0) is 11.4. The monoisotopic (exact) mass is 236 g/mol. The Morgan fingerprint density at radius 2 is 2.31 bits per heavy atom. The van der Waals surface area contributed by atoms with Crippen LogP contribution in [0.5, 0.6) is 0 Å². The van der Waals surface area contributed by atoms with Gasteiger partial charge in [-0.1, -0.05) is 11.6 Å². The van der Waals surface area contributed by atoms with Crippen LogP contribution < -0.4 is 10.6 Å². The first-order valence-electron chi connectivity index (χ1n) is 5.33. The first-order valence-corrected chi connectivity index (χ1v) is 5.71. The summed E-state index contributed by atoms with van der Waals surface area (Å²) in [7, 11) is 0. The number of hydrogen-bond acceptors (Lipinski definition) is 4. The van der Waals surface area contributed by atoms with E-state index in [1.807, 2.05) is 6.07 Å². The zero-order valence-electron chi connectivity index (χ0n) is 8.83. The molecule has 1 heterocycles. The van der Waals surface area contributed by atoms with Gasteiger partial charge in [-0.25, -0.2) is 4.98 Å². The lowest BCUT2D eigenvalue weighted by molar-refractivity contribution is 0.700. The molecular weight excluding hydrogens is 224 g/mol. The van der Waals surface area contributed by atoms with Gasteiger partial charge < -0.3 is 10.6 Å². The van der Waals surface area contributed by atoms with Gasteiger partial charge in [0.2, 0.25) is 0 Å². The van der Waals surface area contributed by atoms with Gasteiger partial charge >= 0.3 is 0 Å². The van der Waals surface area contributed by atoms with E-state index in [0.29, 0.717) is 22.4 Å². The van der Waals surface area contributed by atoms with Crippen molar-refractivity contribution in [2.75, 3.05) is 18.4 Å². The third-order valence-corrected chi connectivity index (χ3v) is 2.82. The molecule has 1 aromatic rings. The van der Waals surface area contributed by atoms with Gasteiger partial charge in [0.15, 0.2) is 0 Å². The Balaban J connectivity index is 1.85. The third kappa shape index (κ3) is 2.84. The molecule has 2 N–H and O–H groups in total. The van der Waals surface area contributed by atoms with Crippen LogP contribution >= 0.6 is 11.6 Å². The van der Waals surface area contributed by atoms with Gasteiger partial charge in [-0.3, -0.25) is 0 Å². The fourth-order valence-electron chi connectivity index (χ4n) is 1.40. The SMILES string of the molecule is N#Cc1ccnc(NCCNC2CC2)c1Cl. The summed E-state index contributed by atoms with van der Waals surface area (Å²) in [5, 5.41) is 15.7. The topological polar surface area (TPSA) is 60.7 Å². The molecule has 0 aliphatic heterocycles. The predicted octanol–water partition coefficient (Wildman–Crippen LogP) is 1.77. The standard InChI is InChI=1S/C11H13ClN4/c12-10-8(7-13)3-4-15-11(10)16-6-5-14-9-1-2-9/h3-4,9,14H,1-2,5-6H2,(H,15,16). The average molecular weight is 237 g/mol. The molecule has 4 nitrogen and oxygen atoms in total. The van der Waals surface area contributed by atoms with Crippen molar-refractivity contribution in [1.29, 1.82) is 5.26 Å². The number of nitrogens with one attached hydrogen (secondary N) is 2. The van der Waals surface area contributed by atoms with Crippen LogP contribution in [0.1, 0.15) is 18.4 Å². The minimum Gasteiger partial charge on any atom is -0.368 e. The van der Waals surface area contributed by atoms with Crippen LogP contribution in [0.3, 0.4) is 0 Å². The summed E-state index contributed by atoms with van der Waals surface area (Å²) >= 11 is 5.99. The van der Waals surface area contributed by atoms with Crippen molar-refractivity contribution in [1.82, 2.24) is 10.3 Å². The Kier molecular flexibility index (Phi) is 3.60. The van der Waals surface area contributed by atoms with Gasteiger partial charge in [0, 0.05) is 25.3 Å². The van der Waals surface area contributed by atoms with Crippen molar-refractivity contribution >= 4 is 17.4 Å². The Labute approximate surface area is 99.6 Å². The second-order valence-corrected chi connectivity index (χ2v) is 4.17. The van der Waals surface area contributed by atoms with Gasteiger partial charge in [0.05, 0.1) is 5.56 Å². The number of aromatic nitrogens is 1. The summed E-state index contributed by atoms with van der Waals surface area (Å²) in [5.41, 5.74) is 0.453. The second kappa shape index (κ2) is 5.15. The quantitative estimate of drug-likeness (QED) is 0.765. The highest BCUT2D eigenvalue weighted by atomic mass is 35.5. The molecule has 0 aromatic carbocycles. The van der Waals surface area contributed by atoms with Crippen LogP contribution in [0.15, 0.2) is 12.3 Å². The van der Waals surface area contributed by atoms with Crippen molar-refractivity contribution in [2.45, 2.75) is 18.9 Å².